The molecule has 0 aromatic carbocycles. The molecule has 0 aliphatic heterocycles. The number of aromatic nitrogens is 1. The zero-order valence-corrected chi connectivity index (χ0v) is 8.67. The third-order valence-electron chi connectivity index (χ3n) is 1.23. The first-order chi connectivity index (χ1) is 6.00. The first-order valence-electron chi connectivity index (χ1n) is 3.86. The van der Waals surface area contributed by atoms with Crippen LogP contribution in [0.25, 0.3) is 0 Å². The largest absolute Gasteiger partial charge is 0.591 e. The highest BCUT2D eigenvalue weighted by Crippen LogP contribution is 2.16. The lowest BCUT2D eigenvalue weighted by Crippen LogP contribution is -2.25. The minimum absolute atomic E-state index is 0.344. The van der Waals surface area contributed by atoms with E-state index in [4.69, 9.17) is 4.42 Å². The van der Waals surface area contributed by atoms with Crippen LogP contribution >= 0.6 is 0 Å². The van der Waals surface area contributed by atoms with Crippen LogP contribution in [0.4, 0.5) is 0 Å². The van der Waals surface area contributed by atoms with E-state index in [1.165, 1.54) is 18.7 Å². The van der Waals surface area contributed by atoms with Gasteiger partial charge in [0.2, 0.25) is 5.89 Å². The van der Waals surface area contributed by atoms with Crippen LogP contribution in [0.15, 0.2) is 21.3 Å². The Kier molecular flexibility index (Phi) is 3.11. The first-order valence-corrected chi connectivity index (χ1v) is 4.96. The van der Waals surface area contributed by atoms with Gasteiger partial charge < -0.3 is 8.97 Å². The van der Waals surface area contributed by atoms with Crippen molar-refractivity contribution < 1.29 is 8.97 Å². The average molecular weight is 200 g/mol. The standard InChI is InChI=1S/C8H12N2O2S/c1-8(2,3)13(11)10-6-7-9-4-5-12-7/h4-6H,1-3H3/t13-/m0/s1. The summed E-state index contributed by atoms with van der Waals surface area (Å²) in [5, 5.41) is 0. The molecule has 0 aliphatic rings. The Morgan fingerprint density at radius 3 is 2.77 bits per heavy atom. The zero-order chi connectivity index (χ0) is 9.90. The maximum absolute atomic E-state index is 11.4. The lowest BCUT2D eigenvalue weighted by atomic mass is 10.3. The number of hydrogen-bond acceptors (Lipinski definition) is 4. The van der Waals surface area contributed by atoms with Gasteiger partial charge in [-0.25, -0.2) is 4.98 Å². The summed E-state index contributed by atoms with van der Waals surface area (Å²) in [5.41, 5.74) is 0. The molecular weight excluding hydrogens is 188 g/mol. The molecule has 0 amide bonds. The summed E-state index contributed by atoms with van der Waals surface area (Å²) in [7, 11) is 0. The monoisotopic (exact) mass is 200 g/mol. The van der Waals surface area contributed by atoms with Crippen molar-refractivity contribution >= 4 is 17.6 Å². The lowest BCUT2D eigenvalue weighted by Gasteiger charge is -2.17. The van der Waals surface area contributed by atoms with E-state index < -0.39 is 11.4 Å². The summed E-state index contributed by atoms with van der Waals surface area (Å²) in [4.78, 5) is 3.82. The van der Waals surface area contributed by atoms with E-state index in [9.17, 15) is 4.55 Å². The summed E-state index contributed by atoms with van der Waals surface area (Å²) in [6, 6.07) is 0. The van der Waals surface area contributed by atoms with Gasteiger partial charge in [-0.05, 0) is 20.8 Å². The highest BCUT2D eigenvalue weighted by Gasteiger charge is 2.25. The molecule has 1 atom stereocenters. The lowest BCUT2D eigenvalue weighted by molar-refractivity contribution is 0.548. The van der Waals surface area contributed by atoms with Crippen molar-refractivity contribution in [3.63, 3.8) is 0 Å². The minimum atomic E-state index is -1.25. The fourth-order valence-corrected chi connectivity index (χ4v) is 1.05. The van der Waals surface area contributed by atoms with Gasteiger partial charge in [-0.2, -0.15) is 0 Å². The van der Waals surface area contributed by atoms with E-state index in [1.54, 1.807) is 0 Å². The maximum atomic E-state index is 11.4. The molecular formula is C8H12N2O2S. The highest BCUT2D eigenvalue weighted by molar-refractivity contribution is 7.91. The average Bonchev–Trinajstić information content (AvgIpc) is 2.50. The van der Waals surface area contributed by atoms with Gasteiger partial charge in [-0.15, -0.1) is 0 Å². The normalized spacial score (nSPS) is 15.1. The number of nitrogens with zero attached hydrogens (tertiary/aromatic N) is 2. The summed E-state index contributed by atoms with van der Waals surface area (Å²) in [6.07, 6.45) is 4.34. The van der Waals surface area contributed by atoms with Crippen LogP contribution in [0, 0.1) is 0 Å². The van der Waals surface area contributed by atoms with E-state index in [1.807, 2.05) is 20.8 Å². The Labute approximate surface area is 80.4 Å². The minimum Gasteiger partial charge on any atom is -0.591 e. The molecule has 0 fully saturated rings. The van der Waals surface area contributed by atoms with Gasteiger partial charge in [0, 0.05) is 0 Å². The summed E-state index contributed by atoms with van der Waals surface area (Å²) in [6.45, 7) is 5.57. The van der Waals surface area contributed by atoms with Crippen molar-refractivity contribution in [1.29, 1.82) is 0 Å². The number of hydrogen-bond donors (Lipinski definition) is 0. The van der Waals surface area contributed by atoms with E-state index >= 15 is 0 Å². The Bertz CT molecular complexity index is 277. The van der Waals surface area contributed by atoms with E-state index in [2.05, 4.69) is 9.38 Å². The van der Waals surface area contributed by atoms with Crippen LogP contribution < -0.4 is 0 Å². The van der Waals surface area contributed by atoms with Crippen LogP contribution in [0.2, 0.25) is 0 Å². The van der Waals surface area contributed by atoms with Crippen LogP contribution in [-0.2, 0) is 11.4 Å². The zero-order valence-electron chi connectivity index (χ0n) is 7.85. The smallest absolute Gasteiger partial charge is 0.241 e. The molecule has 0 saturated carbocycles. The van der Waals surface area contributed by atoms with Gasteiger partial charge >= 0.3 is 0 Å². The van der Waals surface area contributed by atoms with Crippen molar-refractivity contribution in [3.8, 4) is 0 Å². The quantitative estimate of drug-likeness (QED) is 0.537. The SMILES string of the molecule is CC(C)(C)[S@+]([O-])N=Cc1ncco1. The molecule has 1 aromatic heterocycles. The van der Waals surface area contributed by atoms with Gasteiger partial charge in [0.25, 0.3) is 0 Å². The number of oxazole rings is 1. The van der Waals surface area contributed by atoms with Crippen LogP contribution in [0.3, 0.4) is 0 Å². The van der Waals surface area contributed by atoms with Crippen molar-refractivity contribution in [2.24, 2.45) is 4.40 Å². The van der Waals surface area contributed by atoms with Crippen LogP contribution in [-0.4, -0.2) is 20.5 Å². The Morgan fingerprint density at radius 2 is 2.31 bits per heavy atom. The van der Waals surface area contributed by atoms with Gasteiger partial charge in [0.15, 0.2) is 0 Å². The predicted molar refractivity (Wildman–Crippen MR) is 52.0 cm³/mol. The van der Waals surface area contributed by atoms with Crippen LogP contribution in [0.5, 0.6) is 0 Å². The number of rotatable bonds is 2. The molecule has 0 bridgehead atoms. The second kappa shape index (κ2) is 3.93. The molecule has 0 spiro atoms. The van der Waals surface area contributed by atoms with Crippen molar-refractivity contribution in [3.05, 3.63) is 18.4 Å². The van der Waals surface area contributed by atoms with Crippen molar-refractivity contribution in [2.75, 3.05) is 0 Å². The fourth-order valence-electron chi connectivity index (χ4n) is 0.549. The van der Waals surface area contributed by atoms with Crippen molar-refractivity contribution in [2.45, 2.75) is 25.5 Å². The van der Waals surface area contributed by atoms with Crippen molar-refractivity contribution in [1.82, 2.24) is 4.98 Å². The third-order valence-corrected chi connectivity index (χ3v) is 2.58. The van der Waals surface area contributed by atoms with E-state index in [-0.39, 0.29) is 4.75 Å². The molecule has 13 heavy (non-hydrogen) atoms. The molecule has 0 saturated heterocycles. The molecule has 1 rings (SSSR count). The van der Waals surface area contributed by atoms with Gasteiger partial charge in [-0.3, -0.25) is 0 Å². The molecule has 5 heteroatoms. The third kappa shape index (κ3) is 3.20. The predicted octanol–water partition coefficient (Wildman–Crippen LogP) is 1.56. The fraction of sp³-hybridized carbons (Fsp3) is 0.500. The summed E-state index contributed by atoms with van der Waals surface area (Å²) >= 11 is -1.25. The van der Waals surface area contributed by atoms with Gasteiger partial charge in [0.05, 0.1) is 6.20 Å². The van der Waals surface area contributed by atoms with E-state index in [0.717, 1.165) is 0 Å². The topological polar surface area (TPSA) is 61.5 Å². The highest BCUT2D eigenvalue weighted by atomic mass is 32.2. The molecule has 0 N–H and O–H groups in total. The molecule has 72 valence electrons. The Hall–Kier alpha value is -0.810. The molecule has 1 heterocycles. The Morgan fingerprint density at radius 1 is 1.62 bits per heavy atom. The molecule has 4 nitrogen and oxygen atoms in total. The second-order valence-electron chi connectivity index (χ2n) is 3.47. The molecule has 0 aliphatic carbocycles. The van der Waals surface area contributed by atoms with Gasteiger partial charge in [-0.1, -0.05) is 4.40 Å². The van der Waals surface area contributed by atoms with Crippen LogP contribution in [0.1, 0.15) is 26.7 Å². The second-order valence-corrected chi connectivity index (χ2v) is 5.40. The Balaban J connectivity index is 2.59. The molecule has 0 unspecified atom stereocenters. The van der Waals surface area contributed by atoms with E-state index in [0.29, 0.717) is 5.89 Å². The summed E-state index contributed by atoms with van der Waals surface area (Å²) in [5.74, 6) is 0.373. The molecule has 1 aromatic rings. The van der Waals surface area contributed by atoms with Gasteiger partial charge in [0.1, 0.15) is 28.6 Å². The summed E-state index contributed by atoms with van der Waals surface area (Å²) < 4.78 is 19.8. The first kappa shape index (κ1) is 10.3. The molecule has 0 radical (unpaired) electrons. The maximum Gasteiger partial charge on any atom is 0.241 e.